The number of nitrogen functional groups attached to an aromatic ring is 1. The average Bonchev–Trinajstić information content (AvgIpc) is 2.72. The van der Waals surface area contributed by atoms with Crippen LogP contribution in [0.15, 0.2) is 29.2 Å². The Morgan fingerprint density at radius 2 is 1.89 bits per heavy atom. The Labute approximate surface area is 135 Å². The Kier molecular flexibility index (Phi) is 5.71. The minimum absolute atomic E-state index is 0. The van der Waals surface area contributed by atoms with E-state index in [9.17, 15) is 13.0 Å². The summed E-state index contributed by atoms with van der Waals surface area (Å²) in [5.41, 5.74) is 5.40. The van der Waals surface area contributed by atoms with Gasteiger partial charge in [-0.05, 0) is 24.3 Å². The van der Waals surface area contributed by atoms with Gasteiger partial charge < -0.3 is 15.0 Å². The van der Waals surface area contributed by atoms with Crippen LogP contribution in [0.4, 0.5) is 5.13 Å². The Balaban J connectivity index is 0.00000180. The van der Waals surface area contributed by atoms with E-state index in [0.717, 1.165) is 0 Å². The monoisotopic (exact) mass is 309 g/mol. The fraction of sp³-hybridized carbons (Fsp3) is 0.111. The van der Waals surface area contributed by atoms with Crippen molar-refractivity contribution in [2.24, 2.45) is 0 Å². The van der Waals surface area contributed by atoms with Crippen LogP contribution in [0.1, 0.15) is 5.01 Å². The number of rotatable bonds is 4. The molecule has 2 aromatic rings. The van der Waals surface area contributed by atoms with Gasteiger partial charge in [-0.2, -0.15) is 0 Å². The van der Waals surface area contributed by atoms with Crippen LogP contribution in [-0.2, 0) is 16.7 Å². The van der Waals surface area contributed by atoms with Crippen LogP contribution >= 0.6 is 11.3 Å². The second-order valence-corrected chi connectivity index (χ2v) is 5.72. The van der Waals surface area contributed by atoms with Crippen molar-refractivity contribution in [3.8, 4) is 5.75 Å². The summed E-state index contributed by atoms with van der Waals surface area (Å²) in [7, 11) is -4.43. The third kappa shape index (κ3) is 4.71. The van der Waals surface area contributed by atoms with Crippen molar-refractivity contribution in [1.29, 1.82) is 0 Å². The van der Waals surface area contributed by atoms with Gasteiger partial charge in [-0.15, -0.1) is 10.2 Å². The van der Waals surface area contributed by atoms with Gasteiger partial charge in [0.05, 0.1) is 4.90 Å². The van der Waals surface area contributed by atoms with Gasteiger partial charge in [0.1, 0.15) is 22.5 Å². The smallest absolute Gasteiger partial charge is 0.744 e. The molecule has 0 fully saturated rings. The summed E-state index contributed by atoms with van der Waals surface area (Å²) < 4.78 is 37.4. The van der Waals surface area contributed by atoms with Crippen molar-refractivity contribution >= 4 is 26.6 Å². The summed E-state index contributed by atoms with van der Waals surface area (Å²) in [4.78, 5) is -0.296. The van der Waals surface area contributed by atoms with Crippen LogP contribution in [0.5, 0.6) is 5.75 Å². The first-order chi connectivity index (χ1) is 8.45. The second-order valence-electron chi connectivity index (χ2n) is 3.25. The molecule has 0 amide bonds. The molecular formula is C9H8N3NaO4S2. The molecule has 10 heteroatoms. The van der Waals surface area contributed by atoms with E-state index in [1.807, 2.05) is 0 Å². The van der Waals surface area contributed by atoms with Crippen LogP contribution in [0, 0.1) is 0 Å². The van der Waals surface area contributed by atoms with Crippen LogP contribution in [0.25, 0.3) is 0 Å². The molecule has 7 nitrogen and oxygen atoms in total. The molecule has 0 radical (unpaired) electrons. The SMILES string of the molecule is Nc1nnc(COc2ccc(S(=O)(=O)[O-])cc2)s1.[Na+]. The Morgan fingerprint density at radius 1 is 1.26 bits per heavy atom. The van der Waals surface area contributed by atoms with Gasteiger partial charge in [-0.1, -0.05) is 11.3 Å². The van der Waals surface area contributed by atoms with E-state index in [2.05, 4.69) is 10.2 Å². The Hall–Kier alpha value is -0.710. The third-order valence-corrected chi connectivity index (χ3v) is 3.53. The minimum Gasteiger partial charge on any atom is -0.744 e. The van der Waals surface area contributed by atoms with Gasteiger partial charge >= 0.3 is 29.6 Å². The quantitative estimate of drug-likeness (QED) is 0.494. The van der Waals surface area contributed by atoms with E-state index < -0.39 is 10.1 Å². The van der Waals surface area contributed by atoms with E-state index in [1.165, 1.54) is 35.6 Å². The zero-order valence-corrected chi connectivity index (χ0v) is 13.6. The molecule has 0 unspecified atom stereocenters. The molecule has 0 saturated heterocycles. The van der Waals surface area contributed by atoms with E-state index in [1.54, 1.807) is 0 Å². The van der Waals surface area contributed by atoms with E-state index in [-0.39, 0.29) is 41.1 Å². The number of aromatic nitrogens is 2. The molecule has 1 aromatic heterocycles. The number of anilines is 1. The maximum absolute atomic E-state index is 10.7. The first-order valence-electron chi connectivity index (χ1n) is 4.72. The predicted octanol–water partition coefficient (Wildman–Crippen LogP) is -2.39. The maximum atomic E-state index is 10.7. The normalized spacial score (nSPS) is 10.8. The molecule has 96 valence electrons. The summed E-state index contributed by atoms with van der Waals surface area (Å²) in [5, 5.41) is 8.33. The molecule has 2 rings (SSSR count). The van der Waals surface area contributed by atoms with Gasteiger partial charge in [0, 0.05) is 0 Å². The van der Waals surface area contributed by atoms with Crippen molar-refractivity contribution in [2.75, 3.05) is 5.73 Å². The van der Waals surface area contributed by atoms with Crippen molar-refractivity contribution in [1.82, 2.24) is 10.2 Å². The van der Waals surface area contributed by atoms with Crippen molar-refractivity contribution in [3.05, 3.63) is 29.3 Å². The van der Waals surface area contributed by atoms with Crippen LogP contribution < -0.4 is 40.0 Å². The summed E-state index contributed by atoms with van der Waals surface area (Å²) in [6, 6.07) is 5.17. The predicted molar refractivity (Wildman–Crippen MR) is 63.1 cm³/mol. The minimum atomic E-state index is -4.43. The summed E-state index contributed by atoms with van der Waals surface area (Å²) in [6.07, 6.45) is 0. The average molecular weight is 309 g/mol. The van der Waals surface area contributed by atoms with E-state index in [0.29, 0.717) is 15.9 Å². The van der Waals surface area contributed by atoms with Crippen molar-refractivity contribution in [2.45, 2.75) is 11.5 Å². The fourth-order valence-electron chi connectivity index (χ4n) is 1.17. The molecule has 0 saturated carbocycles. The largest absolute Gasteiger partial charge is 1.00 e. The topological polar surface area (TPSA) is 118 Å². The standard InChI is InChI=1S/C9H9N3O4S2.Na/c10-9-12-11-8(17-9)5-16-6-1-3-7(4-2-6)18(13,14)15;/h1-4H,5H2,(H2,10,12)(H,13,14,15);/q;+1/p-1. The Morgan fingerprint density at radius 3 is 2.37 bits per heavy atom. The molecular weight excluding hydrogens is 301 g/mol. The molecule has 1 aromatic carbocycles. The van der Waals surface area contributed by atoms with Crippen LogP contribution in [0.2, 0.25) is 0 Å². The van der Waals surface area contributed by atoms with E-state index >= 15 is 0 Å². The van der Waals surface area contributed by atoms with Gasteiger partial charge in [0.25, 0.3) is 0 Å². The van der Waals surface area contributed by atoms with Gasteiger partial charge in [-0.25, -0.2) is 8.42 Å². The van der Waals surface area contributed by atoms with Crippen LogP contribution in [0.3, 0.4) is 0 Å². The van der Waals surface area contributed by atoms with E-state index in [4.69, 9.17) is 10.5 Å². The van der Waals surface area contributed by atoms with Gasteiger partial charge in [0.2, 0.25) is 5.13 Å². The van der Waals surface area contributed by atoms with Crippen molar-refractivity contribution in [3.63, 3.8) is 0 Å². The molecule has 0 aliphatic heterocycles. The molecule has 2 N–H and O–H groups in total. The number of ether oxygens (including phenoxy) is 1. The van der Waals surface area contributed by atoms with Gasteiger partial charge in [-0.3, -0.25) is 0 Å². The molecule has 0 aliphatic carbocycles. The summed E-state index contributed by atoms with van der Waals surface area (Å²) in [6.45, 7) is 0.179. The molecule has 19 heavy (non-hydrogen) atoms. The molecule has 0 atom stereocenters. The summed E-state index contributed by atoms with van der Waals surface area (Å²) in [5.74, 6) is 0.427. The first kappa shape index (κ1) is 16.3. The third-order valence-electron chi connectivity index (χ3n) is 1.96. The number of hydrogen-bond donors (Lipinski definition) is 1. The summed E-state index contributed by atoms with van der Waals surface area (Å²) >= 11 is 1.20. The van der Waals surface area contributed by atoms with Crippen molar-refractivity contribution < 1.29 is 47.3 Å². The molecule has 0 spiro atoms. The Bertz CT molecular complexity index is 642. The number of hydrogen-bond acceptors (Lipinski definition) is 8. The zero-order chi connectivity index (χ0) is 13.2. The molecule has 0 aliphatic rings. The fourth-order valence-corrected chi connectivity index (χ4v) is 2.16. The molecule has 0 bridgehead atoms. The van der Waals surface area contributed by atoms with Gasteiger partial charge in [0.15, 0.2) is 5.01 Å². The number of nitrogens with zero attached hydrogens (tertiary/aromatic N) is 2. The zero-order valence-electron chi connectivity index (χ0n) is 9.94. The second kappa shape index (κ2) is 6.64. The maximum Gasteiger partial charge on any atom is 1.00 e. The number of benzene rings is 1. The number of nitrogens with two attached hydrogens (primary N) is 1. The van der Waals surface area contributed by atoms with Crippen LogP contribution in [-0.4, -0.2) is 23.2 Å². The first-order valence-corrected chi connectivity index (χ1v) is 6.94. The molecule has 1 heterocycles.